The van der Waals surface area contributed by atoms with Gasteiger partial charge in [-0.15, -0.1) is 0 Å². The normalized spacial score (nSPS) is 19.9. The largest absolute Gasteiger partial charge is 0.456 e. The molecule has 0 radical (unpaired) electrons. The Hall–Kier alpha value is -2.59. The van der Waals surface area contributed by atoms with E-state index in [0.29, 0.717) is 16.3 Å². The molecule has 5 heteroatoms. The minimum absolute atomic E-state index is 0.0485. The first-order valence-electron chi connectivity index (χ1n) is 8.10. The molecule has 2 aliphatic rings. The van der Waals surface area contributed by atoms with Gasteiger partial charge in [0.2, 0.25) is 5.91 Å². The number of cyclic esters (lactones) is 1. The Kier molecular flexibility index (Phi) is 3.85. The molecule has 0 spiro atoms. The highest BCUT2D eigenvalue weighted by molar-refractivity contribution is 6.30. The van der Waals surface area contributed by atoms with Crippen molar-refractivity contribution in [2.75, 3.05) is 11.5 Å². The van der Waals surface area contributed by atoms with Crippen LogP contribution in [-0.4, -0.2) is 18.5 Å². The Morgan fingerprint density at radius 1 is 1.12 bits per heavy atom. The number of halogens is 1. The summed E-state index contributed by atoms with van der Waals surface area (Å²) in [6, 6.07) is 15.0. The van der Waals surface area contributed by atoms with E-state index in [4.69, 9.17) is 16.3 Å². The molecule has 1 amide bonds. The maximum absolute atomic E-state index is 12.9. The van der Waals surface area contributed by atoms with Crippen molar-refractivity contribution >= 4 is 29.2 Å². The van der Waals surface area contributed by atoms with Crippen molar-refractivity contribution in [2.45, 2.75) is 19.3 Å². The quantitative estimate of drug-likeness (QED) is 0.767. The number of rotatable bonds is 2. The molecule has 0 fully saturated rings. The molecule has 0 aliphatic carbocycles. The number of benzene rings is 2. The molecule has 0 saturated carbocycles. The van der Waals surface area contributed by atoms with Gasteiger partial charge in [-0.3, -0.25) is 9.69 Å². The lowest BCUT2D eigenvalue weighted by atomic mass is 9.84. The van der Waals surface area contributed by atoms with Crippen LogP contribution in [0.1, 0.15) is 23.5 Å². The number of nitrogens with zero attached hydrogens (tertiary/aromatic N) is 1. The third-order valence-electron chi connectivity index (χ3n) is 4.63. The van der Waals surface area contributed by atoms with E-state index >= 15 is 0 Å². The van der Waals surface area contributed by atoms with Crippen molar-refractivity contribution in [3.8, 4) is 0 Å². The molecule has 2 aromatic carbocycles. The van der Waals surface area contributed by atoms with Crippen LogP contribution in [-0.2, 0) is 14.3 Å². The van der Waals surface area contributed by atoms with E-state index in [1.807, 2.05) is 43.3 Å². The zero-order valence-electron chi connectivity index (χ0n) is 13.7. The standard InChI is InChI=1S/C20H16ClNO3/c1-12-4-2-7-15(8-12)22-17-11-25-20(24)19(17)16(10-18(22)23)13-5-3-6-14(21)9-13/h2-9,16H,10-11H2,1H3/t16-/m0/s1. The fraction of sp³-hybridized carbons (Fsp3) is 0.200. The van der Waals surface area contributed by atoms with Crippen LogP contribution in [0, 0.1) is 6.92 Å². The molecular formula is C20H16ClNO3. The molecule has 2 aliphatic heterocycles. The lowest BCUT2D eigenvalue weighted by Crippen LogP contribution is -2.37. The summed E-state index contributed by atoms with van der Waals surface area (Å²) in [4.78, 5) is 26.9. The Morgan fingerprint density at radius 2 is 1.92 bits per heavy atom. The Labute approximate surface area is 150 Å². The highest BCUT2D eigenvalue weighted by atomic mass is 35.5. The van der Waals surface area contributed by atoms with Gasteiger partial charge >= 0.3 is 5.97 Å². The summed E-state index contributed by atoms with van der Waals surface area (Å²) < 4.78 is 5.27. The lowest BCUT2D eigenvalue weighted by molar-refractivity contribution is -0.136. The number of hydrogen-bond donors (Lipinski definition) is 0. The van der Waals surface area contributed by atoms with E-state index in [2.05, 4.69) is 0 Å². The number of amides is 1. The predicted molar refractivity (Wildman–Crippen MR) is 95.5 cm³/mol. The lowest BCUT2D eigenvalue weighted by Gasteiger charge is -2.32. The minimum atomic E-state index is -0.356. The number of carbonyl (C=O) groups excluding carboxylic acids is 2. The van der Waals surface area contributed by atoms with Crippen molar-refractivity contribution in [1.82, 2.24) is 0 Å². The summed E-state index contributed by atoms with van der Waals surface area (Å²) in [6.45, 7) is 2.09. The van der Waals surface area contributed by atoms with Gasteiger partial charge < -0.3 is 4.74 Å². The second-order valence-electron chi connectivity index (χ2n) is 6.32. The molecule has 0 saturated heterocycles. The van der Waals surface area contributed by atoms with Crippen molar-refractivity contribution in [3.63, 3.8) is 0 Å². The molecule has 0 bridgehead atoms. The fourth-order valence-corrected chi connectivity index (χ4v) is 3.73. The zero-order chi connectivity index (χ0) is 17.6. The van der Waals surface area contributed by atoms with Crippen LogP contribution in [0.15, 0.2) is 59.8 Å². The molecular weight excluding hydrogens is 338 g/mol. The number of esters is 1. The topological polar surface area (TPSA) is 46.6 Å². The second-order valence-corrected chi connectivity index (χ2v) is 6.75. The first kappa shape index (κ1) is 15.9. The second kappa shape index (κ2) is 6.05. The maximum Gasteiger partial charge on any atom is 0.336 e. The van der Waals surface area contributed by atoms with E-state index < -0.39 is 0 Å². The molecule has 0 N–H and O–H groups in total. The number of hydrogen-bond acceptors (Lipinski definition) is 3. The predicted octanol–water partition coefficient (Wildman–Crippen LogP) is 3.98. The smallest absolute Gasteiger partial charge is 0.336 e. The number of carbonyl (C=O) groups is 2. The summed E-state index contributed by atoms with van der Waals surface area (Å²) >= 11 is 6.09. The van der Waals surface area contributed by atoms with Crippen LogP contribution < -0.4 is 4.90 Å². The fourth-order valence-electron chi connectivity index (χ4n) is 3.53. The van der Waals surface area contributed by atoms with E-state index in [1.165, 1.54) is 0 Å². The molecule has 4 nitrogen and oxygen atoms in total. The van der Waals surface area contributed by atoms with Crippen molar-refractivity contribution < 1.29 is 14.3 Å². The van der Waals surface area contributed by atoms with Crippen LogP contribution >= 0.6 is 11.6 Å². The van der Waals surface area contributed by atoms with Gasteiger partial charge in [-0.25, -0.2) is 4.79 Å². The highest BCUT2D eigenvalue weighted by Crippen LogP contribution is 2.42. The molecule has 0 unspecified atom stereocenters. The molecule has 4 rings (SSSR count). The molecule has 2 heterocycles. The first-order chi connectivity index (χ1) is 12.0. The first-order valence-corrected chi connectivity index (χ1v) is 8.47. The van der Waals surface area contributed by atoms with Crippen LogP contribution in [0.5, 0.6) is 0 Å². The Balaban J connectivity index is 1.84. The summed E-state index contributed by atoms with van der Waals surface area (Å²) in [5.41, 5.74) is 3.87. The average Bonchev–Trinajstić information content (AvgIpc) is 2.96. The van der Waals surface area contributed by atoms with Crippen molar-refractivity contribution in [1.29, 1.82) is 0 Å². The molecule has 126 valence electrons. The summed E-state index contributed by atoms with van der Waals surface area (Å²) in [6.07, 6.45) is 0.211. The van der Waals surface area contributed by atoms with Gasteiger partial charge in [-0.2, -0.15) is 0 Å². The van der Waals surface area contributed by atoms with Gasteiger partial charge in [0.25, 0.3) is 0 Å². The number of aryl methyl sites for hydroxylation is 1. The third-order valence-corrected chi connectivity index (χ3v) is 4.86. The third kappa shape index (κ3) is 2.72. The minimum Gasteiger partial charge on any atom is -0.456 e. The Morgan fingerprint density at radius 3 is 2.68 bits per heavy atom. The summed E-state index contributed by atoms with van der Waals surface area (Å²) in [5, 5.41) is 0.583. The molecule has 25 heavy (non-hydrogen) atoms. The average molecular weight is 354 g/mol. The van der Waals surface area contributed by atoms with Crippen LogP contribution in [0.3, 0.4) is 0 Å². The van der Waals surface area contributed by atoms with Crippen molar-refractivity contribution in [2.24, 2.45) is 0 Å². The molecule has 0 aromatic heterocycles. The van der Waals surface area contributed by atoms with Gasteiger partial charge in [0.05, 0.1) is 11.3 Å². The molecule has 2 aromatic rings. The van der Waals surface area contributed by atoms with Gasteiger partial charge in [0.1, 0.15) is 6.61 Å². The van der Waals surface area contributed by atoms with Crippen LogP contribution in [0.2, 0.25) is 5.02 Å². The monoisotopic (exact) mass is 353 g/mol. The van der Waals surface area contributed by atoms with Gasteiger partial charge in [-0.1, -0.05) is 35.9 Å². The van der Waals surface area contributed by atoms with Crippen molar-refractivity contribution in [3.05, 3.63) is 76.0 Å². The van der Waals surface area contributed by atoms with Crippen LogP contribution in [0.4, 0.5) is 5.69 Å². The zero-order valence-corrected chi connectivity index (χ0v) is 14.4. The highest BCUT2D eigenvalue weighted by Gasteiger charge is 2.42. The number of anilines is 1. The van der Waals surface area contributed by atoms with Gasteiger partial charge in [-0.05, 0) is 42.3 Å². The maximum atomic E-state index is 12.9. The van der Waals surface area contributed by atoms with Crippen LogP contribution in [0.25, 0.3) is 0 Å². The van der Waals surface area contributed by atoms with E-state index in [1.54, 1.807) is 17.0 Å². The summed E-state index contributed by atoms with van der Waals surface area (Å²) in [7, 11) is 0. The van der Waals surface area contributed by atoms with Gasteiger partial charge in [0.15, 0.2) is 0 Å². The van der Waals surface area contributed by atoms with E-state index in [0.717, 1.165) is 16.8 Å². The van der Waals surface area contributed by atoms with Gasteiger partial charge in [0, 0.05) is 23.0 Å². The number of ether oxygens (including phenoxy) is 1. The van der Waals surface area contributed by atoms with E-state index in [-0.39, 0.29) is 30.8 Å². The summed E-state index contributed by atoms with van der Waals surface area (Å²) in [5.74, 6) is -0.727. The van der Waals surface area contributed by atoms with E-state index in [9.17, 15) is 9.59 Å². The molecule has 1 atom stereocenters. The SMILES string of the molecule is Cc1cccc(N2C(=O)C[C@@H](c3cccc(Cl)c3)C3=C2COC3=O)c1. The Bertz CT molecular complexity index is 919.